The lowest BCUT2D eigenvalue weighted by molar-refractivity contribution is -0.0497. The summed E-state index contributed by atoms with van der Waals surface area (Å²) < 4.78 is 30.3. The summed E-state index contributed by atoms with van der Waals surface area (Å²) in [7, 11) is 0. The number of nitrogens with zero attached hydrogens (tertiary/aromatic N) is 2. The Morgan fingerprint density at radius 3 is 2.76 bits per heavy atom. The molecule has 0 saturated heterocycles. The van der Waals surface area contributed by atoms with Crippen molar-refractivity contribution in [2.45, 2.75) is 6.61 Å². The number of carbonyl (C=O) groups is 1. The molecule has 0 aliphatic rings. The molecular weight excluding hydrogens is 352 g/mol. The van der Waals surface area contributed by atoms with Gasteiger partial charge in [0.05, 0.1) is 22.5 Å². The van der Waals surface area contributed by atoms with Crippen LogP contribution in [0.3, 0.4) is 0 Å². The maximum atomic E-state index is 12.3. The lowest BCUT2D eigenvalue weighted by Gasteiger charge is -2.07. The van der Waals surface area contributed by atoms with Crippen molar-refractivity contribution in [1.82, 2.24) is 9.78 Å². The minimum atomic E-state index is -2.93. The van der Waals surface area contributed by atoms with Crippen LogP contribution in [0.5, 0.6) is 5.75 Å². The highest BCUT2D eigenvalue weighted by atomic mass is 35.5. The van der Waals surface area contributed by atoms with E-state index in [9.17, 15) is 13.6 Å². The van der Waals surface area contributed by atoms with E-state index in [1.807, 2.05) is 0 Å². The molecule has 25 heavy (non-hydrogen) atoms. The Hall–Kier alpha value is -2.93. The fourth-order valence-electron chi connectivity index (χ4n) is 2.16. The number of para-hydroxylation sites is 1. The van der Waals surface area contributed by atoms with Gasteiger partial charge in [0.15, 0.2) is 0 Å². The van der Waals surface area contributed by atoms with E-state index in [0.29, 0.717) is 22.0 Å². The molecule has 1 aromatic heterocycles. The highest BCUT2D eigenvalue weighted by molar-refractivity contribution is 6.32. The molecule has 0 bridgehead atoms. The second-order valence-corrected chi connectivity index (χ2v) is 5.39. The van der Waals surface area contributed by atoms with E-state index < -0.39 is 12.5 Å². The molecule has 128 valence electrons. The average Bonchev–Trinajstić information content (AvgIpc) is 3.05. The van der Waals surface area contributed by atoms with Gasteiger partial charge in [-0.3, -0.25) is 4.79 Å². The predicted molar refractivity (Wildman–Crippen MR) is 89.6 cm³/mol. The Morgan fingerprint density at radius 1 is 1.20 bits per heavy atom. The van der Waals surface area contributed by atoms with Gasteiger partial charge in [0.2, 0.25) is 0 Å². The minimum absolute atomic E-state index is 0.0421. The predicted octanol–water partition coefficient (Wildman–Crippen LogP) is 4.38. The summed E-state index contributed by atoms with van der Waals surface area (Å²) in [5.74, 6) is -0.480. The zero-order valence-electron chi connectivity index (χ0n) is 12.7. The molecule has 2 aromatic carbocycles. The standard InChI is InChI=1S/C17H12ClF2N3O2/c18-14-6-1-2-7-15(14)23-10-11(9-21-23)16(24)22-12-4-3-5-13(8-12)25-17(19)20/h1-10,17H,(H,22,24). The average molecular weight is 364 g/mol. The van der Waals surface area contributed by atoms with Crippen LogP contribution in [0.2, 0.25) is 5.02 Å². The number of halogens is 3. The van der Waals surface area contributed by atoms with Gasteiger partial charge in [-0.25, -0.2) is 4.68 Å². The largest absolute Gasteiger partial charge is 0.435 e. The second kappa shape index (κ2) is 7.31. The number of nitrogens with one attached hydrogen (secondary N) is 1. The third-order valence-corrected chi connectivity index (χ3v) is 3.58. The number of rotatable bonds is 5. The number of hydrogen-bond acceptors (Lipinski definition) is 3. The van der Waals surface area contributed by atoms with Crippen LogP contribution in [0.15, 0.2) is 60.9 Å². The van der Waals surface area contributed by atoms with Crippen LogP contribution in [-0.4, -0.2) is 22.3 Å². The van der Waals surface area contributed by atoms with Crippen LogP contribution >= 0.6 is 11.6 Å². The zero-order chi connectivity index (χ0) is 17.8. The van der Waals surface area contributed by atoms with E-state index in [1.54, 1.807) is 30.3 Å². The van der Waals surface area contributed by atoms with Crippen molar-refractivity contribution in [2.75, 3.05) is 5.32 Å². The SMILES string of the molecule is O=C(Nc1cccc(OC(F)F)c1)c1cnn(-c2ccccc2Cl)c1. The molecule has 0 spiro atoms. The van der Waals surface area contributed by atoms with Crippen molar-refractivity contribution in [3.63, 3.8) is 0 Å². The molecule has 3 aromatic rings. The number of anilines is 1. The fourth-order valence-corrected chi connectivity index (χ4v) is 2.38. The van der Waals surface area contributed by atoms with E-state index in [1.165, 1.54) is 35.3 Å². The van der Waals surface area contributed by atoms with Crippen molar-refractivity contribution in [2.24, 2.45) is 0 Å². The van der Waals surface area contributed by atoms with Crippen LogP contribution in [0.1, 0.15) is 10.4 Å². The van der Waals surface area contributed by atoms with E-state index in [2.05, 4.69) is 15.2 Å². The van der Waals surface area contributed by atoms with Gasteiger partial charge >= 0.3 is 6.61 Å². The van der Waals surface area contributed by atoms with E-state index in [4.69, 9.17) is 11.6 Å². The molecule has 1 amide bonds. The van der Waals surface area contributed by atoms with E-state index >= 15 is 0 Å². The van der Waals surface area contributed by atoms with Gasteiger partial charge < -0.3 is 10.1 Å². The third-order valence-electron chi connectivity index (χ3n) is 3.26. The van der Waals surface area contributed by atoms with Gasteiger partial charge in [-0.05, 0) is 24.3 Å². The summed E-state index contributed by atoms with van der Waals surface area (Å²) in [4.78, 5) is 12.3. The van der Waals surface area contributed by atoms with Crippen molar-refractivity contribution < 1.29 is 18.3 Å². The third kappa shape index (κ3) is 4.13. The van der Waals surface area contributed by atoms with Gasteiger partial charge in [0, 0.05) is 18.0 Å². The first-order valence-electron chi connectivity index (χ1n) is 7.19. The van der Waals surface area contributed by atoms with Crippen LogP contribution < -0.4 is 10.1 Å². The molecule has 0 aliphatic heterocycles. The molecule has 8 heteroatoms. The molecule has 0 radical (unpaired) electrons. The summed E-state index contributed by atoms with van der Waals surface area (Å²) in [6.07, 6.45) is 2.91. The summed E-state index contributed by atoms with van der Waals surface area (Å²) >= 11 is 6.10. The smallest absolute Gasteiger partial charge is 0.387 e. The first-order valence-corrected chi connectivity index (χ1v) is 7.56. The maximum Gasteiger partial charge on any atom is 0.387 e. The molecule has 0 unspecified atom stereocenters. The lowest BCUT2D eigenvalue weighted by Crippen LogP contribution is -2.11. The molecule has 0 aliphatic carbocycles. The Labute approximate surface area is 146 Å². The van der Waals surface area contributed by atoms with Gasteiger partial charge in [0.1, 0.15) is 5.75 Å². The van der Waals surface area contributed by atoms with Crippen molar-refractivity contribution in [3.05, 3.63) is 71.5 Å². The highest BCUT2D eigenvalue weighted by Gasteiger charge is 2.12. The number of benzene rings is 2. The maximum absolute atomic E-state index is 12.3. The van der Waals surface area contributed by atoms with Crippen molar-refractivity contribution in [1.29, 1.82) is 0 Å². The monoisotopic (exact) mass is 363 g/mol. The Morgan fingerprint density at radius 2 is 2.00 bits per heavy atom. The van der Waals surface area contributed by atoms with Crippen LogP contribution in [0, 0.1) is 0 Å². The lowest BCUT2D eigenvalue weighted by atomic mass is 10.2. The summed E-state index contributed by atoms with van der Waals surface area (Å²) in [5.41, 5.74) is 1.25. The summed E-state index contributed by atoms with van der Waals surface area (Å²) in [5, 5.41) is 7.21. The normalized spacial score (nSPS) is 10.7. The van der Waals surface area contributed by atoms with Crippen molar-refractivity contribution in [3.8, 4) is 11.4 Å². The van der Waals surface area contributed by atoms with Gasteiger partial charge in [-0.1, -0.05) is 29.8 Å². The minimum Gasteiger partial charge on any atom is -0.435 e. The fraction of sp³-hybridized carbons (Fsp3) is 0.0588. The van der Waals surface area contributed by atoms with Gasteiger partial charge in [0.25, 0.3) is 5.91 Å². The summed E-state index contributed by atoms with van der Waals surface area (Å²) in [6, 6.07) is 12.8. The molecule has 1 heterocycles. The van der Waals surface area contributed by atoms with E-state index in [-0.39, 0.29) is 5.75 Å². The number of amides is 1. The zero-order valence-corrected chi connectivity index (χ0v) is 13.5. The molecule has 0 saturated carbocycles. The Balaban J connectivity index is 1.75. The highest BCUT2D eigenvalue weighted by Crippen LogP contribution is 2.21. The Bertz CT molecular complexity index is 899. The molecule has 3 rings (SSSR count). The molecule has 1 N–H and O–H groups in total. The van der Waals surface area contributed by atoms with Gasteiger partial charge in [-0.2, -0.15) is 13.9 Å². The quantitative estimate of drug-likeness (QED) is 0.732. The van der Waals surface area contributed by atoms with Crippen molar-refractivity contribution >= 4 is 23.2 Å². The second-order valence-electron chi connectivity index (χ2n) is 4.99. The number of alkyl halides is 2. The molecule has 0 fully saturated rings. The first kappa shape index (κ1) is 16.9. The van der Waals surface area contributed by atoms with Crippen LogP contribution in [0.4, 0.5) is 14.5 Å². The number of aromatic nitrogens is 2. The molecule has 0 atom stereocenters. The van der Waals surface area contributed by atoms with Crippen LogP contribution in [-0.2, 0) is 0 Å². The Kier molecular flexibility index (Phi) is 4.95. The summed E-state index contributed by atoms with van der Waals surface area (Å²) in [6.45, 7) is -2.93. The molecule has 5 nitrogen and oxygen atoms in total. The number of ether oxygens (including phenoxy) is 1. The number of carbonyl (C=O) groups excluding carboxylic acids is 1. The topological polar surface area (TPSA) is 56.1 Å². The van der Waals surface area contributed by atoms with Crippen LogP contribution in [0.25, 0.3) is 5.69 Å². The first-order chi connectivity index (χ1) is 12.0. The van der Waals surface area contributed by atoms with Gasteiger partial charge in [-0.15, -0.1) is 0 Å². The molecular formula is C17H12ClF2N3O2. The number of hydrogen-bond donors (Lipinski definition) is 1. The van der Waals surface area contributed by atoms with E-state index in [0.717, 1.165) is 0 Å².